The monoisotopic (exact) mass is 389 g/mol. The molecule has 0 atom stereocenters. The van der Waals surface area contributed by atoms with Gasteiger partial charge in [0, 0.05) is 21.3 Å². The molecule has 2 heterocycles. The van der Waals surface area contributed by atoms with E-state index in [2.05, 4.69) is 47.1 Å². The van der Waals surface area contributed by atoms with Gasteiger partial charge in [-0.1, -0.05) is 11.6 Å². The number of pyridine rings is 2. The number of hydrogen-bond acceptors (Lipinski definition) is 3. The fourth-order valence-corrected chi connectivity index (χ4v) is 2.16. The maximum atomic E-state index is 12.0. The van der Waals surface area contributed by atoms with Gasteiger partial charge in [0.15, 0.2) is 5.15 Å². The minimum atomic E-state index is -0.357. The van der Waals surface area contributed by atoms with Gasteiger partial charge in [-0.25, -0.2) is 9.97 Å². The summed E-state index contributed by atoms with van der Waals surface area (Å²) in [7, 11) is 0. The lowest BCUT2D eigenvalue weighted by Gasteiger charge is -2.07. The van der Waals surface area contributed by atoms with Gasteiger partial charge >= 0.3 is 0 Å². The summed E-state index contributed by atoms with van der Waals surface area (Å²) in [4.78, 5) is 19.9. The Morgan fingerprint density at radius 1 is 1.33 bits per heavy atom. The minimum Gasteiger partial charge on any atom is -0.318 e. The molecular weight excluding hydrogens is 385 g/mol. The lowest BCUT2D eigenvalue weighted by molar-refractivity contribution is 0.102. The molecular formula is C11H6Br2ClN3O. The van der Waals surface area contributed by atoms with Gasteiger partial charge in [0.05, 0.1) is 5.69 Å². The van der Waals surface area contributed by atoms with Gasteiger partial charge in [0.1, 0.15) is 5.69 Å². The summed E-state index contributed by atoms with van der Waals surface area (Å²) in [5, 5.41) is 2.87. The molecule has 0 saturated heterocycles. The number of amides is 1. The first-order valence-corrected chi connectivity index (χ1v) is 6.77. The average Bonchev–Trinajstić information content (AvgIpc) is 2.34. The van der Waals surface area contributed by atoms with Gasteiger partial charge in [0.2, 0.25) is 0 Å². The molecule has 4 nitrogen and oxygen atoms in total. The van der Waals surface area contributed by atoms with Crippen LogP contribution in [0.1, 0.15) is 10.5 Å². The number of carbonyl (C=O) groups is 1. The van der Waals surface area contributed by atoms with Crippen LogP contribution in [0, 0.1) is 0 Å². The van der Waals surface area contributed by atoms with Crippen LogP contribution < -0.4 is 5.32 Å². The van der Waals surface area contributed by atoms with E-state index in [1.807, 2.05) is 0 Å². The Balaban J connectivity index is 2.27. The first-order valence-electron chi connectivity index (χ1n) is 4.81. The van der Waals surface area contributed by atoms with E-state index in [-0.39, 0.29) is 16.8 Å². The van der Waals surface area contributed by atoms with Crippen molar-refractivity contribution in [2.75, 3.05) is 5.32 Å². The second-order valence-corrected chi connectivity index (χ2v) is 5.41. The number of nitrogens with zero attached hydrogens (tertiary/aromatic N) is 2. The van der Waals surface area contributed by atoms with Crippen molar-refractivity contribution in [1.29, 1.82) is 0 Å². The fraction of sp³-hybridized carbons (Fsp3) is 0. The summed E-state index contributed by atoms with van der Waals surface area (Å²) in [6.45, 7) is 0. The lowest BCUT2D eigenvalue weighted by atomic mass is 10.3. The van der Waals surface area contributed by atoms with Gasteiger partial charge in [0.25, 0.3) is 5.91 Å². The molecule has 2 aromatic rings. The number of nitrogens with one attached hydrogen (secondary N) is 1. The minimum absolute atomic E-state index is 0.221. The molecule has 0 aliphatic heterocycles. The van der Waals surface area contributed by atoms with E-state index in [0.717, 1.165) is 4.47 Å². The van der Waals surface area contributed by atoms with Crippen LogP contribution in [0.5, 0.6) is 0 Å². The smallest absolute Gasteiger partial charge is 0.275 e. The summed E-state index contributed by atoms with van der Waals surface area (Å²) < 4.78 is 1.34. The number of rotatable bonds is 2. The van der Waals surface area contributed by atoms with E-state index < -0.39 is 0 Å². The molecule has 2 rings (SSSR count). The fourth-order valence-electron chi connectivity index (χ4n) is 1.24. The van der Waals surface area contributed by atoms with E-state index in [1.165, 1.54) is 0 Å². The molecule has 18 heavy (non-hydrogen) atoms. The Morgan fingerprint density at radius 2 is 2.11 bits per heavy atom. The topological polar surface area (TPSA) is 54.9 Å². The maximum absolute atomic E-state index is 12.0. The number of anilines is 1. The number of halogens is 3. The van der Waals surface area contributed by atoms with E-state index in [0.29, 0.717) is 10.2 Å². The van der Waals surface area contributed by atoms with E-state index in [1.54, 1.807) is 30.6 Å². The predicted molar refractivity (Wildman–Crippen MR) is 76.8 cm³/mol. The number of aromatic nitrogens is 2. The molecule has 1 N–H and O–H groups in total. The number of carbonyl (C=O) groups excluding carboxylic acids is 1. The predicted octanol–water partition coefficient (Wildman–Crippen LogP) is 3.91. The summed E-state index contributed by atoms with van der Waals surface area (Å²) >= 11 is 12.4. The highest BCUT2D eigenvalue weighted by atomic mass is 79.9. The zero-order valence-electron chi connectivity index (χ0n) is 8.82. The Morgan fingerprint density at radius 3 is 2.83 bits per heavy atom. The summed E-state index contributed by atoms with van der Waals surface area (Å²) in [6, 6.07) is 5.14. The quantitative estimate of drug-likeness (QED) is 0.790. The SMILES string of the molecule is O=C(Nc1cc(Br)cnc1Cl)c1ncccc1Br. The van der Waals surface area contributed by atoms with Crippen molar-refractivity contribution in [3.05, 3.63) is 50.4 Å². The molecule has 0 spiro atoms. The number of hydrogen-bond donors (Lipinski definition) is 1. The third kappa shape index (κ3) is 3.07. The molecule has 0 bridgehead atoms. The zero-order chi connectivity index (χ0) is 13.1. The Kier molecular flexibility index (Phi) is 4.31. The molecule has 0 radical (unpaired) electrons. The van der Waals surface area contributed by atoms with Crippen LogP contribution in [0.2, 0.25) is 5.15 Å². The van der Waals surface area contributed by atoms with Crippen LogP contribution in [-0.4, -0.2) is 15.9 Å². The van der Waals surface area contributed by atoms with Crippen LogP contribution >= 0.6 is 43.5 Å². The van der Waals surface area contributed by atoms with Gasteiger partial charge in [-0.05, 0) is 50.1 Å². The lowest BCUT2D eigenvalue weighted by Crippen LogP contribution is -2.14. The summed E-state index contributed by atoms with van der Waals surface area (Å²) in [5.41, 5.74) is 0.710. The van der Waals surface area contributed by atoms with Gasteiger partial charge in [-0.3, -0.25) is 4.79 Å². The van der Waals surface area contributed by atoms with E-state index in [4.69, 9.17) is 11.6 Å². The molecule has 0 aliphatic rings. The molecule has 0 fully saturated rings. The Labute approximate surface area is 125 Å². The molecule has 0 aliphatic carbocycles. The van der Waals surface area contributed by atoms with Crippen LogP contribution in [-0.2, 0) is 0 Å². The van der Waals surface area contributed by atoms with E-state index in [9.17, 15) is 4.79 Å². The molecule has 0 unspecified atom stereocenters. The van der Waals surface area contributed by atoms with Crippen molar-refractivity contribution in [1.82, 2.24) is 9.97 Å². The first kappa shape index (κ1) is 13.5. The van der Waals surface area contributed by atoms with Crippen LogP contribution in [0.15, 0.2) is 39.5 Å². The van der Waals surface area contributed by atoms with E-state index >= 15 is 0 Å². The molecule has 1 amide bonds. The summed E-state index contributed by atoms with van der Waals surface area (Å²) in [6.07, 6.45) is 3.09. The molecule has 92 valence electrons. The van der Waals surface area contributed by atoms with Crippen LogP contribution in [0.4, 0.5) is 5.69 Å². The Hall–Kier alpha value is -0.980. The molecule has 0 saturated carbocycles. The molecule has 0 aromatic carbocycles. The second kappa shape index (κ2) is 5.77. The largest absolute Gasteiger partial charge is 0.318 e. The van der Waals surface area contributed by atoms with Crippen molar-refractivity contribution >= 4 is 55.1 Å². The van der Waals surface area contributed by atoms with Crippen molar-refractivity contribution in [3.8, 4) is 0 Å². The highest BCUT2D eigenvalue weighted by Gasteiger charge is 2.13. The Bertz CT molecular complexity index is 607. The second-order valence-electron chi connectivity index (χ2n) is 3.28. The van der Waals surface area contributed by atoms with Crippen molar-refractivity contribution < 1.29 is 4.79 Å². The average molecular weight is 391 g/mol. The molecule has 2 aromatic heterocycles. The third-order valence-corrected chi connectivity index (χ3v) is 3.40. The highest BCUT2D eigenvalue weighted by Crippen LogP contribution is 2.24. The van der Waals surface area contributed by atoms with Crippen molar-refractivity contribution in [3.63, 3.8) is 0 Å². The summed E-state index contributed by atoms with van der Waals surface area (Å²) in [5.74, 6) is -0.357. The van der Waals surface area contributed by atoms with Gasteiger partial charge in [-0.2, -0.15) is 0 Å². The first-order chi connectivity index (χ1) is 8.58. The third-order valence-electron chi connectivity index (χ3n) is 2.03. The molecule has 7 heteroatoms. The van der Waals surface area contributed by atoms with Gasteiger partial charge < -0.3 is 5.32 Å². The van der Waals surface area contributed by atoms with Crippen molar-refractivity contribution in [2.45, 2.75) is 0 Å². The van der Waals surface area contributed by atoms with Crippen LogP contribution in [0.25, 0.3) is 0 Å². The standard InChI is InChI=1S/C11H6Br2ClN3O/c12-6-4-8(10(14)16-5-6)17-11(18)9-7(13)2-1-3-15-9/h1-5H,(H,17,18). The zero-order valence-corrected chi connectivity index (χ0v) is 12.8. The maximum Gasteiger partial charge on any atom is 0.275 e. The van der Waals surface area contributed by atoms with Crippen LogP contribution in [0.3, 0.4) is 0 Å². The highest BCUT2D eigenvalue weighted by molar-refractivity contribution is 9.10. The normalized spacial score (nSPS) is 10.2. The van der Waals surface area contributed by atoms with Crippen molar-refractivity contribution in [2.24, 2.45) is 0 Å². The van der Waals surface area contributed by atoms with Gasteiger partial charge in [-0.15, -0.1) is 0 Å².